The highest BCUT2D eigenvalue weighted by Gasteiger charge is 2.28. The number of aromatic nitrogens is 5. The van der Waals surface area contributed by atoms with Gasteiger partial charge in [0.05, 0.1) is 24.3 Å². The third kappa shape index (κ3) is 3.87. The van der Waals surface area contributed by atoms with Crippen LogP contribution in [0, 0.1) is 0 Å². The van der Waals surface area contributed by atoms with Crippen LogP contribution < -0.4 is 10.3 Å². The van der Waals surface area contributed by atoms with E-state index in [2.05, 4.69) is 24.8 Å². The summed E-state index contributed by atoms with van der Waals surface area (Å²) in [6.45, 7) is 0. The van der Waals surface area contributed by atoms with Crippen molar-refractivity contribution in [2.75, 3.05) is 0 Å². The number of hydrogen-bond acceptors (Lipinski definition) is 6. The molecule has 0 unspecified atom stereocenters. The monoisotopic (exact) mass is 400 g/mol. The molecule has 1 fully saturated rings. The second kappa shape index (κ2) is 7.64. The van der Waals surface area contributed by atoms with E-state index in [-0.39, 0.29) is 22.7 Å². The first-order valence-electron chi connectivity index (χ1n) is 9.04. The third-order valence-electron chi connectivity index (χ3n) is 4.91. The van der Waals surface area contributed by atoms with Crippen molar-refractivity contribution >= 4 is 10.0 Å². The Kier molecular flexibility index (Phi) is 5.05. The van der Waals surface area contributed by atoms with Crippen LogP contribution in [0.15, 0.2) is 59.0 Å². The lowest BCUT2D eigenvalue weighted by atomic mass is 9.92. The number of nitrogens with zero attached hydrogens (tertiary/aromatic N) is 4. The minimum absolute atomic E-state index is 0.0525. The molecule has 3 aromatic heterocycles. The zero-order valence-electron chi connectivity index (χ0n) is 15.0. The molecule has 3 heterocycles. The quantitative estimate of drug-likeness (QED) is 0.669. The highest BCUT2D eigenvalue weighted by molar-refractivity contribution is 7.89. The van der Waals surface area contributed by atoms with E-state index in [4.69, 9.17) is 0 Å². The van der Waals surface area contributed by atoms with Gasteiger partial charge in [-0.05, 0) is 43.9 Å². The Morgan fingerprint density at radius 3 is 2.57 bits per heavy atom. The van der Waals surface area contributed by atoms with Crippen molar-refractivity contribution in [1.29, 1.82) is 0 Å². The van der Waals surface area contributed by atoms with E-state index in [9.17, 15) is 13.2 Å². The molecule has 10 heteroatoms. The van der Waals surface area contributed by atoms with Crippen molar-refractivity contribution in [3.63, 3.8) is 0 Å². The summed E-state index contributed by atoms with van der Waals surface area (Å²) in [6, 6.07) is 6.69. The van der Waals surface area contributed by atoms with Crippen LogP contribution in [0.3, 0.4) is 0 Å². The molecule has 9 nitrogen and oxygen atoms in total. The van der Waals surface area contributed by atoms with Crippen molar-refractivity contribution in [3.8, 4) is 11.3 Å². The van der Waals surface area contributed by atoms with Crippen LogP contribution in [-0.4, -0.2) is 39.2 Å². The Hall–Kier alpha value is -2.85. The van der Waals surface area contributed by atoms with Gasteiger partial charge in [-0.3, -0.25) is 9.78 Å². The fourth-order valence-corrected chi connectivity index (χ4v) is 4.68. The van der Waals surface area contributed by atoms with Crippen LogP contribution in [0.1, 0.15) is 31.7 Å². The van der Waals surface area contributed by atoms with Gasteiger partial charge < -0.3 is 4.98 Å². The molecule has 3 aromatic rings. The molecule has 4 rings (SSSR count). The summed E-state index contributed by atoms with van der Waals surface area (Å²) in [5.74, 6) is 0. The predicted molar refractivity (Wildman–Crippen MR) is 102 cm³/mol. The van der Waals surface area contributed by atoms with Gasteiger partial charge in [-0.2, -0.15) is 5.10 Å². The van der Waals surface area contributed by atoms with Crippen LogP contribution in [0.4, 0.5) is 0 Å². The summed E-state index contributed by atoms with van der Waals surface area (Å²) in [7, 11) is -3.61. The molecule has 1 aliphatic carbocycles. The molecule has 2 N–H and O–H groups in total. The highest BCUT2D eigenvalue weighted by Crippen LogP contribution is 2.28. The average Bonchev–Trinajstić information content (AvgIpc) is 3.26. The molecule has 0 saturated heterocycles. The summed E-state index contributed by atoms with van der Waals surface area (Å²) < 4.78 is 28.8. The number of hydrogen-bond donors (Lipinski definition) is 2. The van der Waals surface area contributed by atoms with Crippen molar-refractivity contribution in [1.82, 2.24) is 29.5 Å². The van der Waals surface area contributed by atoms with Gasteiger partial charge in [0.1, 0.15) is 0 Å². The third-order valence-corrected chi connectivity index (χ3v) is 6.36. The first-order valence-corrected chi connectivity index (χ1v) is 10.5. The molecule has 0 amide bonds. The molecule has 1 aliphatic rings. The maximum absolute atomic E-state index is 12.3. The topological polar surface area (TPSA) is 123 Å². The van der Waals surface area contributed by atoms with Gasteiger partial charge in [0.15, 0.2) is 5.03 Å². The molecule has 1 saturated carbocycles. The minimum atomic E-state index is -3.61. The normalized spacial score (nSPS) is 20.1. The molecular formula is C18H20N6O3S. The van der Waals surface area contributed by atoms with Gasteiger partial charge in [-0.1, -0.05) is 0 Å². The zero-order valence-corrected chi connectivity index (χ0v) is 15.8. The first kappa shape index (κ1) is 18.5. The number of aromatic amines is 1. The highest BCUT2D eigenvalue weighted by atomic mass is 32.2. The van der Waals surface area contributed by atoms with E-state index in [1.165, 1.54) is 23.3 Å². The summed E-state index contributed by atoms with van der Waals surface area (Å²) in [6.07, 6.45) is 8.59. The van der Waals surface area contributed by atoms with E-state index in [1.807, 2.05) is 12.1 Å². The number of H-pyrrole nitrogens is 1. The Labute approximate surface area is 161 Å². The zero-order chi connectivity index (χ0) is 19.6. The largest absolute Gasteiger partial charge is 0.335 e. The molecule has 28 heavy (non-hydrogen) atoms. The van der Waals surface area contributed by atoms with Crippen LogP contribution in [-0.2, 0) is 10.0 Å². The van der Waals surface area contributed by atoms with Gasteiger partial charge in [0.2, 0.25) is 0 Å². The van der Waals surface area contributed by atoms with Gasteiger partial charge >= 0.3 is 0 Å². The van der Waals surface area contributed by atoms with Crippen molar-refractivity contribution in [2.24, 2.45) is 0 Å². The van der Waals surface area contributed by atoms with E-state index in [0.29, 0.717) is 31.4 Å². The van der Waals surface area contributed by atoms with Crippen molar-refractivity contribution < 1.29 is 8.42 Å². The van der Waals surface area contributed by atoms with Crippen molar-refractivity contribution in [2.45, 2.75) is 42.8 Å². The maximum Gasteiger partial charge on any atom is 0.267 e. The van der Waals surface area contributed by atoms with Gasteiger partial charge in [-0.15, -0.1) is 0 Å². The van der Waals surface area contributed by atoms with E-state index >= 15 is 0 Å². The maximum atomic E-state index is 12.3. The average molecular weight is 400 g/mol. The number of sulfonamides is 1. The van der Waals surface area contributed by atoms with E-state index in [0.717, 1.165) is 5.56 Å². The second-order valence-electron chi connectivity index (χ2n) is 6.79. The summed E-state index contributed by atoms with van der Waals surface area (Å²) >= 11 is 0. The number of rotatable bonds is 5. The molecule has 0 aliphatic heterocycles. The summed E-state index contributed by atoms with van der Waals surface area (Å²) in [5.41, 5.74) is 1.38. The Morgan fingerprint density at radius 2 is 1.89 bits per heavy atom. The molecule has 0 spiro atoms. The van der Waals surface area contributed by atoms with Crippen LogP contribution in [0.2, 0.25) is 0 Å². The number of pyridine rings is 1. The Morgan fingerprint density at radius 1 is 1.07 bits per heavy atom. The molecule has 0 bridgehead atoms. The Balaban J connectivity index is 1.46. The minimum Gasteiger partial charge on any atom is -0.335 e. The second-order valence-corrected chi connectivity index (χ2v) is 8.47. The fraction of sp³-hybridized carbons (Fsp3) is 0.333. The van der Waals surface area contributed by atoms with Gasteiger partial charge in [0, 0.05) is 30.1 Å². The number of nitrogens with one attached hydrogen (secondary N) is 2. The van der Waals surface area contributed by atoms with Crippen LogP contribution >= 0.6 is 0 Å². The lowest BCUT2D eigenvalue weighted by Crippen LogP contribution is -2.39. The molecule has 146 valence electrons. The molecule has 0 radical (unpaired) electrons. The molecule has 0 atom stereocenters. The Bertz CT molecular complexity index is 1090. The summed E-state index contributed by atoms with van der Waals surface area (Å²) in [4.78, 5) is 22.8. The number of imidazole rings is 1. The van der Waals surface area contributed by atoms with Crippen molar-refractivity contribution in [3.05, 3.63) is 59.5 Å². The fourth-order valence-electron chi connectivity index (χ4n) is 3.47. The standard InChI is InChI=1S/C18H20N6O3S/c25-18-8-7-16(13-2-1-9-19-10-13)22-24(18)15-5-3-14(4-6-15)23-28(26,27)17-11-20-12-21-17/h1-2,7-12,14-15,23H,3-6H2,(H,20,21). The van der Waals surface area contributed by atoms with E-state index in [1.54, 1.807) is 18.5 Å². The molecule has 0 aromatic carbocycles. The smallest absolute Gasteiger partial charge is 0.267 e. The van der Waals surface area contributed by atoms with Gasteiger partial charge in [-0.25, -0.2) is 22.8 Å². The van der Waals surface area contributed by atoms with Crippen LogP contribution in [0.5, 0.6) is 0 Å². The SMILES string of the molecule is O=c1ccc(-c2cccnc2)nn1C1CCC(NS(=O)(=O)c2cnc[nH]2)CC1. The van der Waals surface area contributed by atoms with Gasteiger partial charge in [0.25, 0.3) is 15.6 Å². The van der Waals surface area contributed by atoms with E-state index < -0.39 is 10.0 Å². The van der Waals surface area contributed by atoms with Crippen LogP contribution in [0.25, 0.3) is 11.3 Å². The lowest BCUT2D eigenvalue weighted by molar-refractivity contribution is 0.286. The summed E-state index contributed by atoms with van der Waals surface area (Å²) in [5, 5.41) is 4.57. The molecular weight excluding hydrogens is 380 g/mol. The lowest BCUT2D eigenvalue weighted by Gasteiger charge is -2.29. The first-order chi connectivity index (χ1) is 13.5. The predicted octanol–water partition coefficient (Wildman–Crippen LogP) is 1.49.